The number of fused-ring (bicyclic) bond motifs is 1. The summed E-state index contributed by atoms with van der Waals surface area (Å²) >= 11 is 0. The average molecular weight is 482 g/mol. The Morgan fingerprint density at radius 2 is 1.82 bits per heavy atom. The molecular weight excluding hydrogens is 458 g/mol. The van der Waals surface area contributed by atoms with Crippen LogP contribution in [0, 0.1) is 17.0 Å². The zero-order valence-corrected chi connectivity index (χ0v) is 19.5. The summed E-state index contributed by atoms with van der Waals surface area (Å²) in [5.41, 5.74) is 2.39. The second kappa shape index (κ2) is 9.14. The van der Waals surface area contributed by atoms with Crippen LogP contribution in [0.4, 0.5) is 17.1 Å². The molecule has 0 aliphatic carbocycles. The first-order valence-electron chi connectivity index (χ1n) is 10.6. The molecule has 34 heavy (non-hydrogen) atoms. The maximum atomic E-state index is 13.4. The molecule has 0 radical (unpaired) electrons. The van der Waals surface area contributed by atoms with Crippen molar-refractivity contribution in [3.05, 3.63) is 87.5 Å². The van der Waals surface area contributed by atoms with Gasteiger partial charge < -0.3 is 10.1 Å². The van der Waals surface area contributed by atoms with Gasteiger partial charge in [-0.15, -0.1) is 0 Å². The lowest BCUT2D eigenvalue weighted by atomic mass is 10.0. The van der Waals surface area contributed by atoms with Crippen LogP contribution in [-0.4, -0.2) is 32.9 Å². The Kier molecular flexibility index (Phi) is 6.25. The Bertz CT molecular complexity index is 1370. The van der Waals surface area contributed by atoms with Crippen LogP contribution in [0.15, 0.2) is 65.6 Å². The monoisotopic (exact) mass is 481 g/mol. The molecule has 0 bridgehead atoms. The van der Waals surface area contributed by atoms with Crippen molar-refractivity contribution in [3.8, 4) is 5.75 Å². The highest BCUT2D eigenvalue weighted by Gasteiger charge is 2.29. The predicted octanol–water partition coefficient (Wildman–Crippen LogP) is 4.31. The second-order valence-electron chi connectivity index (χ2n) is 7.91. The minimum absolute atomic E-state index is 0.0651. The van der Waals surface area contributed by atoms with Gasteiger partial charge in [0.2, 0.25) is 0 Å². The molecule has 1 amide bonds. The molecule has 0 saturated heterocycles. The number of methoxy groups -OCH3 is 1. The van der Waals surface area contributed by atoms with Crippen molar-refractivity contribution in [1.29, 1.82) is 0 Å². The minimum atomic E-state index is -3.82. The van der Waals surface area contributed by atoms with E-state index in [2.05, 4.69) is 5.32 Å². The van der Waals surface area contributed by atoms with Crippen molar-refractivity contribution in [2.45, 2.75) is 24.7 Å². The van der Waals surface area contributed by atoms with Crippen molar-refractivity contribution in [3.63, 3.8) is 0 Å². The van der Waals surface area contributed by atoms with Crippen LogP contribution in [0.2, 0.25) is 0 Å². The van der Waals surface area contributed by atoms with Crippen LogP contribution in [0.1, 0.15) is 27.9 Å². The fourth-order valence-electron chi connectivity index (χ4n) is 3.95. The van der Waals surface area contributed by atoms with Crippen molar-refractivity contribution < 1.29 is 22.9 Å². The number of amides is 1. The van der Waals surface area contributed by atoms with Crippen LogP contribution in [0.25, 0.3) is 0 Å². The highest BCUT2D eigenvalue weighted by Crippen LogP contribution is 2.34. The number of carbonyl (C=O) groups is 1. The van der Waals surface area contributed by atoms with Gasteiger partial charge in [-0.05, 0) is 73.9 Å². The maximum Gasteiger partial charge on any atom is 0.272 e. The van der Waals surface area contributed by atoms with Gasteiger partial charge in [0.05, 0.1) is 22.6 Å². The zero-order valence-electron chi connectivity index (χ0n) is 18.6. The lowest BCUT2D eigenvalue weighted by Crippen LogP contribution is -2.35. The Morgan fingerprint density at radius 3 is 2.47 bits per heavy atom. The first kappa shape index (κ1) is 23.2. The molecule has 1 aliphatic heterocycles. The third kappa shape index (κ3) is 4.44. The fraction of sp³-hybridized carbons (Fsp3) is 0.208. The van der Waals surface area contributed by atoms with Gasteiger partial charge in [-0.1, -0.05) is 6.07 Å². The van der Waals surface area contributed by atoms with Crippen LogP contribution in [0.5, 0.6) is 5.75 Å². The van der Waals surface area contributed by atoms with E-state index >= 15 is 0 Å². The molecule has 9 nitrogen and oxygen atoms in total. The molecule has 0 atom stereocenters. The maximum absolute atomic E-state index is 13.4. The summed E-state index contributed by atoms with van der Waals surface area (Å²) in [6, 6.07) is 15.5. The Morgan fingerprint density at radius 1 is 1.09 bits per heavy atom. The summed E-state index contributed by atoms with van der Waals surface area (Å²) in [6.45, 7) is 1.88. The third-order valence-corrected chi connectivity index (χ3v) is 7.55. The Hall–Kier alpha value is -3.92. The first-order chi connectivity index (χ1) is 16.2. The number of sulfonamides is 1. The lowest BCUT2D eigenvalue weighted by Gasteiger charge is -2.31. The SMILES string of the molecule is COc1ccc(S(=O)(=O)N2CCCc3ccc(NC(=O)c4ccc([N+](=O)[O-])c(C)c4)cc32)cc1. The molecule has 3 aromatic rings. The molecule has 0 aromatic heterocycles. The topological polar surface area (TPSA) is 119 Å². The molecule has 0 unspecified atom stereocenters. The fourth-order valence-corrected chi connectivity index (χ4v) is 5.48. The summed E-state index contributed by atoms with van der Waals surface area (Å²) in [5.74, 6) is 0.114. The molecule has 0 fully saturated rings. The number of hydrogen-bond donors (Lipinski definition) is 1. The molecule has 1 heterocycles. The average Bonchev–Trinajstić information content (AvgIpc) is 2.83. The van der Waals surface area contributed by atoms with Crippen LogP contribution < -0.4 is 14.4 Å². The zero-order chi connectivity index (χ0) is 24.5. The van der Waals surface area contributed by atoms with Crippen molar-refractivity contribution in [2.75, 3.05) is 23.3 Å². The number of nitro benzene ring substituents is 1. The largest absolute Gasteiger partial charge is 0.497 e. The third-order valence-electron chi connectivity index (χ3n) is 5.72. The summed E-state index contributed by atoms with van der Waals surface area (Å²) in [4.78, 5) is 23.4. The van der Waals surface area contributed by atoms with E-state index in [1.165, 1.54) is 41.7 Å². The normalized spacial score (nSPS) is 13.2. The van der Waals surface area contributed by atoms with E-state index in [4.69, 9.17) is 4.74 Å². The van der Waals surface area contributed by atoms with E-state index in [0.717, 1.165) is 12.0 Å². The van der Waals surface area contributed by atoms with E-state index < -0.39 is 20.9 Å². The number of carbonyl (C=O) groups excluding carboxylic acids is 1. The van der Waals surface area contributed by atoms with Gasteiger partial charge in [0.1, 0.15) is 5.75 Å². The molecular formula is C24H23N3O6S. The quantitative estimate of drug-likeness (QED) is 0.414. The van der Waals surface area contributed by atoms with Gasteiger partial charge >= 0.3 is 0 Å². The van der Waals surface area contributed by atoms with Crippen LogP contribution >= 0.6 is 0 Å². The number of nitro groups is 1. The van der Waals surface area contributed by atoms with Crippen molar-refractivity contribution >= 4 is 33.0 Å². The molecule has 176 valence electrons. The van der Waals surface area contributed by atoms with E-state index in [9.17, 15) is 23.3 Å². The highest BCUT2D eigenvalue weighted by atomic mass is 32.2. The first-order valence-corrected chi connectivity index (χ1v) is 12.0. The molecule has 4 rings (SSSR count). The second-order valence-corrected chi connectivity index (χ2v) is 9.77. The standard InChI is InChI=1S/C24H23N3O6S/c1-16-14-18(6-12-22(16)27(29)30)24(28)25-19-7-5-17-4-3-13-26(23(17)15-19)34(31,32)21-10-8-20(33-2)9-11-21/h5-12,14-15H,3-4,13H2,1-2H3,(H,25,28). The summed E-state index contributed by atoms with van der Waals surface area (Å²) in [6.07, 6.45) is 1.40. The Balaban J connectivity index is 1.62. The van der Waals surface area contributed by atoms with E-state index in [1.54, 1.807) is 31.2 Å². The number of hydrogen-bond acceptors (Lipinski definition) is 6. The van der Waals surface area contributed by atoms with Crippen LogP contribution in [-0.2, 0) is 16.4 Å². The number of anilines is 2. The Labute approximate surface area is 197 Å². The molecule has 10 heteroatoms. The van der Waals surface area contributed by atoms with E-state index in [1.807, 2.05) is 6.07 Å². The summed E-state index contributed by atoms with van der Waals surface area (Å²) in [7, 11) is -2.30. The number of nitrogens with zero attached hydrogens (tertiary/aromatic N) is 2. The van der Waals surface area contributed by atoms with E-state index in [-0.39, 0.29) is 16.1 Å². The van der Waals surface area contributed by atoms with Gasteiger partial charge in [0, 0.05) is 29.4 Å². The van der Waals surface area contributed by atoms with Gasteiger partial charge in [0.15, 0.2) is 0 Å². The number of aryl methyl sites for hydroxylation is 2. The molecule has 1 aliphatic rings. The van der Waals surface area contributed by atoms with E-state index in [0.29, 0.717) is 35.7 Å². The molecule has 3 aromatic carbocycles. The lowest BCUT2D eigenvalue weighted by molar-refractivity contribution is -0.385. The number of rotatable bonds is 6. The van der Waals surface area contributed by atoms with Gasteiger partial charge in [-0.25, -0.2) is 8.42 Å². The molecule has 0 spiro atoms. The highest BCUT2D eigenvalue weighted by molar-refractivity contribution is 7.92. The van der Waals surface area contributed by atoms with Crippen molar-refractivity contribution in [2.24, 2.45) is 0 Å². The van der Waals surface area contributed by atoms with Crippen molar-refractivity contribution in [1.82, 2.24) is 0 Å². The number of ether oxygens (including phenoxy) is 1. The van der Waals surface area contributed by atoms with Gasteiger partial charge in [-0.3, -0.25) is 19.2 Å². The number of nitrogens with one attached hydrogen (secondary N) is 1. The molecule has 0 saturated carbocycles. The summed E-state index contributed by atoms with van der Waals surface area (Å²) in [5, 5.41) is 13.8. The minimum Gasteiger partial charge on any atom is -0.497 e. The summed E-state index contributed by atoms with van der Waals surface area (Å²) < 4.78 is 33.2. The predicted molar refractivity (Wildman–Crippen MR) is 128 cm³/mol. The molecule has 1 N–H and O–H groups in total. The number of benzene rings is 3. The van der Waals surface area contributed by atoms with Gasteiger partial charge in [0.25, 0.3) is 21.6 Å². The smallest absolute Gasteiger partial charge is 0.272 e. The van der Waals surface area contributed by atoms with Gasteiger partial charge in [-0.2, -0.15) is 0 Å². The van der Waals surface area contributed by atoms with Crippen LogP contribution in [0.3, 0.4) is 0 Å².